The van der Waals surface area contributed by atoms with Gasteiger partial charge in [-0.1, -0.05) is 0 Å². The Kier molecular flexibility index (Phi) is 3.02. The molecule has 0 saturated carbocycles. The zero-order valence-electron chi connectivity index (χ0n) is 15.9. The molecule has 4 aliphatic rings. The van der Waals surface area contributed by atoms with Gasteiger partial charge in [0.25, 0.3) is 0 Å². The summed E-state index contributed by atoms with van der Waals surface area (Å²) >= 11 is 0. The number of fused-ring (bicyclic) bond motifs is 7. The first-order valence-corrected chi connectivity index (χ1v) is 9.43. The number of carbonyl (C=O) groups is 1. The number of ether oxygens (including phenoxy) is 5. The third kappa shape index (κ3) is 2.13. The standard InChI is InChI=1S/C22H18O7/c1-21(2)6-5-11-14(29-21)4-3-12-19(11)28-18-9-25-15-8-17-16(26-10-27-17)7-13(15)22(18,24)20(12)23/h3-8,18,24H,9-10H2,1-2H3/t18-,22-/m0/s1. The summed E-state index contributed by atoms with van der Waals surface area (Å²) in [6, 6.07) is 6.62. The highest BCUT2D eigenvalue weighted by atomic mass is 16.7. The second-order valence-corrected chi connectivity index (χ2v) is 8.11. The van der Waals surface area contributed by atoms with Crippen molar-refractivity contribution >= 4 is 11.9 Å². The number of carbonyl (C=O) groups excluding carboxylic acids is 1. The maximum Gasteiger partial charge on any atom is 0.231 e. The van der Waals surface area contributed by atoms with Crippen molar-refractivity contribution in [3.63, 3.8) is 0 Å². The molecule has 0 fully saturated rings. The van der Waals surface area contributed by atoms with Crippen molar-refractivity contribution in [3.8, 4) is 28.7 Å². The maximum atomic E-state index is 13.5. The average Bonchev–Trinajstić information content (AvgIpc) is 3.14. The number of hydrogen-bond donors (Lipinski definition) is 1. The first-order chi connectivity index (χ1) is 13.9. The number of Topliss-reactive ketones (excluding diaryl/α,β-unsaturated/α-hetero) is 1. The van der Waals surface area contributed by atoms with Crippen molar-refractivity contribution in [3.05, 3.63) is 47.0 Å². The van der Waals surface area contributed by atoms with E-state index in [9.17, 15) is 9.90 Å². The van der Waals surface area contributed by atoms with Crippen LogP contribution >= 0.6 is 0 Å². The molecule has 1 N–H and O–H groups in total. The Balaban J connectivity index is 1.51. The molecule has 0 aliphatic carbocycles. The fourth-order valence-corrected chi connectivity index (χ4v) is 4.27. The van der Waals surface area contributed by atoms with Gasteiger partial charge in [-0.2, -0.15) is 0 Å². The molecule has 4 aliphatic heterocycles. The van der Waals surface area contributed by atoms with E-state index in [-0.39, 0.29) is 13.4 Å². The molecule has 2 aromatic carbocycles. The van der Waals surface area contributed by atoms with E-state index in [1.165, 1.54) is 0 Å². The van der Waals surface area contributed by atoms with Gasteiger partial charge in [0.15, 0.2) is 23.2 Å². The second-order valence-electron chi connectivity index (χ2n) is 8.11. The van der Waals surface area contributed by atoms with Gasteiger partial charge in [0, 0.05) is 11.6 Å². The summed E-state index contributed by atoms with van der Waals surface area (Å²) in [5, 5.41) is 11.6. The molecule has 6 rings (SSSR count). The number of hydrogen-bond acceptors (Lipinski definition) is 7. The monoisotopic (exact) mass is 394 g/mol. The van der Waals surface area contributed by atoms with Crippen LogP contribution in [0.15, 0.2) is 30.3 Å². The van der Waals surface area contributed by atoms with Crippen LogP contribution < -0.4 is 23.7 Å². The topological polar surface area (TPSA) is 83.5 Å². The fraction of sp³-hybridized carbons (Fsp3) is 0.318. The van der Waals surface area contributed by atoms with Gasteiger partial charge in [0.2, 0.25) is 12.6 Å². The van der Waals surface area contributed by atoms with Crippen molar-refractivity contribution < 1.29 is 33.6 Å². The highest BCUT2D eigenvalue weighted by Crippen LogP contribution is 2.51. The van der Waals surface area contributed by atoms with E-state index in [0.29, 0.717) is 45.4 Å². The lowest BCUT2D eigenvalue weighted by atomic mass is 9.77. The highest BCUT2D eigenvalue weighted by Gasteiger charge is 2.56. The Hall–Kier alpha value is -3.19. The van der Waals surface area contributed by atoms with Crippen LogP contribution in [0, 0.1) is 0 Å². The Morgan fingerprint density at radius 1 is 1.03 bits per heavy atom. The summed E-state index contributed by atoms with van der Waals surface area (Å²) in [6.07, 6.45) is 2.91. The smallest absolute Gasteiger partial charge is 0.231 e. The van der Waals surface area contributed by atoms with Gasteiger partial charge >= 0.3 is 0 Å². The summed E-state index contributed by atoms with van der Waals surface area (Å²) in [5.74, 6) is 1.97. The van der Waals surface area contributed by atoms with Crippen LogP contribution in [-0.2, 0) is 5.60 Å². The molecule has 2 atom stereocenters. The third-order valence-corrected chi connectivity index (χ3v) is 5.77. The highest BCUT2D eigenvalue weighted by molar-refractivity contribution is 6.08. The first-order valence-electron chi connectivity index (χ1n) is 9.43. The van der Waals surface area contributed by atoms with Gasteiger partial charge in [-0.05, 0) is 44.2 Å². The summed E-state index contributed by atoms with van der Waals surface area (Å²) in [6.45, 7) is 4.01. The lowest BCUT2D eigenvalue weighted by Crippen LogP contribution is -2.57. The van der Waals surface area contributed by atoms with Gasteiger partial charge < -0.3 is 28.8 Å². The zero-order chi connectivity index (χ0) is 20.0. The molecule has 0 aromatic heterocycles. The molecular weight excluding hydrogens is 376 g/mol. The fourth-order valence-electron chi connectivity index (χ4n) is 4.27. The van der Waals surface area contributed by atoms with Gasteiger partial charge in [0.1, 0.15) is 29.5 Å². The van der Waals surface area contributed by atoms with Crippen LogP contribution in [-0.4, -0.2) is 36.0 Å². The van der Waals surface area contributed by atoms with Crippen molar-refractivity contribution in [2.75, 3.05) is 13.4 Å². The number of benzene rings is 2. The SMILES string of the molecule is CC1(C)C=Cc2c(ccc3c2O[C@H]2COc4cc5c(cc4[C@@]2(O)C3=O)OCO5)O1. The Morgan fingerprint density at radius 2 is 1.83 bits per heavy atom. The molecule has 0 spiro atoms. The maximum absolute atomic E-state index is 13.5. The van der Waals surface area contributed by atoms with E-state index in [1.54, 1.807) is 24.3 Å². The Labute approximate surface area is 166 Å². The van der Waals surface area contributed by atoms with E-state index in [2.05, 4.69) is 0 Å². The second kappa shape index (κ2) is 5.24. The molecule has 7 nitrogen and oxygen atoms in total. The predicted octanol–water partition coefficient (Wildman–Crippen LogP) is 2.82. The number of aliphatic hydroxyl groups is 1. The van der Waals surface area contributed by atoms with Crippen molar-refractivity contribution in [1.29, 1.82) is 0 Å². The zero-order valence-corrected chi connectivity index (χ0v) is 15.9. The normalized spacial score (nSPS) is 26.9. The van der Waals surface area contributed by atoms with Gasteiger partial charge in [0.05, 0.1) is 11.1 Å². The first kappa shape index (κ1) is 16.7. The molecule has 0 saturated heterocycles. The molecule has 7 heteroatoms. The molecule has 0 bridgehead atoms. The summed E-state index contributed by atoms with van der Waals surface area (Å²) in [5.41, 5.74) is -1.02. The molecular formula is C22H18O7. The van der Waals surface area contributed by atoms with E-state index in [0.717, 1.165) is 0 Å². The van der Waals surface area contributed by atoms with Crippen LogP contribution in [0.3, 0.4) is 0 Å². The number of ketones is 1. The minimum absolute atomic E-state index is 0.0219. The molecule has 148 valence electrons. The molecule has 0 amide bonds. The third-order valence-electron chi connectivity index (χ3n) is 5.77. The van der Waals surface area contributed by atoms with E-state index in [1.807, 2.05) is 26.0 Å². The number of rotatable bonds is 0. The summed E-state index contributed by atoms with van der Waals surface area (Å²) in [4.78, 5) is 13.5. The summed E-state index contributed by atoms with van der Waals surface area (Å²) < 4.78 is 28.7. The van der Waals surface area contributed by atoms with Gasteiger partial charge in [-0.3, -0.25) is 4.79 Å². The lowest BCUT2D eigenvalue weighted by molar-refractivity contribution is -0.0801. The van der Waals surface area contributed by atoms with Crippen LogP contribution in [0.2, 0.25) is 0 Å². The lowest BCUT2D eigenvalue weighted by Gasteiger charge is -2.43. The average molecular weight is 394 g/mol. The van der Waals surface area contributed by atoms with Crippen LogP contribution in [0.4, 0.5) is 0 Å². The molecule has 29 heavy (non-hydrogen) atoms. The van der Waals surface area contributed by atoms with Crippen LogP contribution in [0.25, 0.3) is 6.08 Å². The van der Waals surface area contributed by atoms with Crippen LogP contribution in [0.5, 0.6) is 28.7 Å². The quantitative estimate of drug-likeness (QED) is 0.736. The van der Waals surface area contributed by atoms with Crippen molar-refractivity contribution in [1.82, 2.24) is 0 Å². The molecule has 4 heterocycles. The van der Waals surface area contributed by atoms with E-state index < -0.39 is 23.1 Å². The van der Waals surface area contributed by atoms with E-state index >= 15 is 0 Å². The molecule has 0 unspecified atom stereocenters. The van der Waals surface area contributed by atoms with Crippen LogP contribution in [0.1, 0.15) is 35.3 Å². The van der Waals surface area contributed by atoms with Crippen molar-refractivity contribution in [2.45, 2.75) is 31.2 Å². The minimum atomic E-state index is -1.88. The van der Waals surface area contributed by atoms with Gasteiger partial charge in [-0.25, -0.2) is 0 Å². The van der Waals surface area contributed by atoms with Crippen molar-refractivity contribution in [2.24, 2.45) is 0 Å². The Morgan fingerprint density at radius 3 is 2.66 bits per heavy atom. The predicted molar refractivity (Wildman–Crippen MR) is 101 cm³/mol. The Bertz CT molecular complexity index is 1120. The van der Waals surface area contributed by atoms with Gasteiger partial charge in [-0.15, -0.1) is 0 Å². The van der Waals surface area contributed by atoms with E-state index in [4.69, 9.17) is 23.7 Å². The summed E-state index contributed by atoms with van der Waals surface area (Å²) in [7, 11) is 0. The molecule has 2 aromatic rings. The molecule has 0 radical (unpaired) electrons. The largest absolute Gasteiger partial charge is 0.489 e. The minimum Gasteiger partial charge on any atom is -0.489 e.